The van der Waals surface area contributed by atoms with Gasteiger partial charge in [0.25, 0.3) is 5.91 Å². The Bertz CT molecular complexity index is 1070. The molecule has 11 heteroatoms. The van der Waals surface area contributed by atoms with Crippen molar-refractivity contribution in [3.05, 3.63) is 29.8 Å². The number of Topliss-reactive ketones (excluding diaryl/α,β-unsaturated/α-hetero) is 1. The monoisotopic (exact) mass is 559 g/mol. The van der Waals surface area contributed by atoms with Gasteiger partial charge in [-0.3, -0.25) is 19.2 Å². The van der Waals surface area contributed by atoms with Crippen molar-refractivity contribution in [2.45, 2.75) is 91.4 Å². The van der Waals surface area contributed by atoms with Gasteiger partial charge in [-0.25, -0.2) is 4.79 Å². The van der Waals surface area contributed by atoms with Gasteiger partial charge in [0.15, 0.2) is 0 Å². The van der Waals surface area contributed by atoms with Crippen LogP contribution in [0.15, 0.2) is 24.3 Å². The molecule has 5 N–H and O–H groups in total. The fourth-order valence-electron chi connectivity index (χ4n) is 4.38. The number of primary amides is 1. The first-order chi connectivity index (χ1) is 18.5. The molecule has 1 aromatic rings. The SMILES string of the molecule is COc1ccc(CN(CC(=O)NC(CC2CCC2)C(=O)C(N)=O)C(=O)[C@@H](NC(=O)NC(C)(C)C)C(C)(C)C)cc1. The second-order valence-electron chi connectivity index (χ2n) is 12.6. The number of benzene rings is 1. The molecule has 1 aromatic carbocycles. The van der Waals surface area contributed by atoms with Crippen molar-refractivity contribution < 1.29 is 28.7 Å². The molecule has 0 aromatic heterocycles. The molecular formula is C29H45N5O6. The first-order valence-electron chi connectivity index (χ1n) is 13.6. The molecule has 0 saturated heterocycles. The number of nitrogens with two attached hydrogens (primary N) is 1. The highest BCUT2D eigenvalue weighted by molar-refractivity contribution is 6.37. The summed E-state index contributed by atoms with van der Waals surface area (Å²) >= 11 is 0. The van der Waals surface area contributed by atoms with E-state index in [-0.39, 0.29) is 12.5 Å². The smallest absolute Gasteiger partial charge is 0.315 e. The predicted molar refractivity (Wildman–Crippen MR) is 151 cm³/mol. The van der Waals surface area contributed by atoms with Gasteiger partial charge in [0, 0.05) is 12.1 Å². The minimum atomic E-state index is -1.11. The van der Waals surface area contributed by atoms with Gasteiger partial charge in [-0.1, -0.05) is 52.2 Å². The third-order valence-corrected chi connectivity index (χ3v) is 6.74. The largest absolute Gasteiger partial charge is 0.497 e. The van der Waals surface area contributed by atoms with Crippen LogP contribution < -0.4 is 26.4 Å². The van der Waals surface area contributed by atoms with Crippen molar-refractivity contribution in [2.24, 2.45) is 17.1 Å². The number of amides is 5. The normalized spacial score (nSPS) is 15.2. The van der Waals surface area contributed by atoms with E-state index in [9.17, 15) is 24.0 Å². The number of carbonyl (C=O) groups is 5. The lowest BCUT2D eigenvalue weighted by Crippen LogP contribution is -2.59. The zero-order chi connectivity index (χ0) is 30.3. The molecule has 1 aliphatic rings. The van der Waals surface area contributed by atoms with E-state index in [1.54, 1.807) is 31.4 Å². The fourth-order valence-corrected chi connectivity index (χ4v) is 4.38. The Labute approximate surface area is 236 Å². The quantitative estimate of drug-likeness (QED) is 0.287. The summed E-state index contributed by atoms with van der Waals surface area (Å²) in [5.41, 5.74) is 4.74. The Kier molecular flexibility index (Phi) is 11.1. The minimum Gasteiger partial charge on any atom is -0.497 e. The van der Waals surface area contributed by atoms with Crippen molar-refractivity contribution in [2.75, 3.05) is 13.7 Å². The minimum absolute atomic E-state index is 0.0580. The van der Waals surface area contributed by atoms with E-state index >= 15 is 0 Å². The van der Waals surface area contributed by atoms with Crippen LogP contribution in [0, 0.1) is 11.3 Å². The predicted octanol–water partition coefficient (Wildman–Crippen LogP) is 2.27. The Morgan fingerprint density at radius 1 is 1.00 bits per heavy atom. The van der Waals surface area contributed by atoms with Crippen molar-refractivity contribution in [1.29, 1.82) is 0 Å². The number of methoxy groups -OCH3 is 1. The van der Waals surface area contributed by atoms with Crippen LogP contribution in [0.1, 0.15) is 72.8 Å². The van der Waals surface area contributed by atoms with Gasteiger partial charge in [-0.2, -0.15) is 0 Å². The second kappa shape index (κ2) is 13.6. The van der Waals surface area contributed by atoms with Crippen molar-refractivity contribution in [3.63, 3.8) is 0 Å². The topological polar surface area (TPSA) is 160 Å². The van der Waals surface area contributed by atoms with Crippen LogP contribution in [0.4, 0.5) is 4.79 Å². The van der Waals surface area contributed by atoms with E-state index in [4.69, 9.17) is 10.5 Å². The zero-order valence-corrected chi connectivity index (χ0v) is 24.8. The first-order valence-corrected chi connectivity index (χ1v) is 13.6. The van der Waals surface area contributed by atoms with E-state index < -0.39 is 59.1 Å². The molecule has 2 atom stereocenters. The van der Waals surface area contributed by atoms with Gasteiger partial charge in [0.2, 0.25) is 17.6 Å². The Hall–Kier alpha value is -3.63. The summed E-state index contributed by atoms with van der Waals surface area (Å²) in [4.78, 5) is 65.4. The molecule has 1 unspecified atom stereocenters. The highest BCUT2D eigenvalue weighted by atomic mass is 16.5. The lowest BCUT2D eigenvalue weighted by molar-refractivity contribution is -0.142. The molecule has 1 fully saturated rings. The highest BCUT2D eigenvalue weighted by Gasteiger charge is 2.38. The third kappa shape index (κ3) is 10.2. The number of carbonyl (C=O) groups excluding carboxylic acids is 5. The molecule has 0 radical (unpaired) electrons. The van der Waals surface area contributed by atoms with Gasteiger partial charge < -0.3 is 31.3 Å². The van der Waals surface area contributed by atoms with Gasteiger partial charge in [-0.05, 0) is 56.2 Å². The molecule has 1 aliphatic carbocycles. The molecule has 0 bridgehead atoms. The lowest BCUT2D eigenvalue weighted by Gasteiger charge is -2.36. The number of urea groups is 1. The maximum Gasteiger partial charge on any atom is 0.315 e. The van der Waals surface area contributed by atoms with Crippen LogP contribution in [-0.2, 0) is 25.7 Å². The number of rotatable bonds is 12. The average molecular weight is 560 g/mol. The van der Waals surface area contributed by atoms with E-state index in [0.717, 1.165) is 24.8 Å². The first kappa shape index (κ1) is 32.6. The highest BCUT2D eigenvalue weighted by Crippen LogP contribution is 2.30. The van der Waals surface area contributed by atoms with Crippen LogP contribution in [0.3, 0.4) is 0 Å². The molecule has 5 amide bonds. The maximum absolute atomic E-state index is 14.0. The molecule has 0 spiro atoms. The molecule has 0 heterocycles. The Balaban J connectivity index is 2.32. The third-order valence-electron chi connectivity index (χ3n) is 6.74. The zero-order valence-electron chi connectivity index (χ0n) is 24.8. The summed E-state index contributed by atoms with van der Waals surface area (Å²) in [6, 6.07) is 4.50. The molecular weight excluding hydrogens is 514 g/mol. The van der Waals surface area contributed by atoms with Crippen LogP contribution >= 0.6 is 0 Å². The average Bonchev–Trinajstić information content (AvgIpc) is 2.81. The Morgan fingerprint density at radius 2 is 1.60 bits per heavy atom. The summed E-state index contributed by atoms with van der Waals surface area (Å²) < 4.78 is 5.21. The van der Waals surface area contributed by atoms with Crippen LogP contribution in [0.2, 0.25) is 0 Å². The standard InChI is InChI=1S/C29H45N5O6/c1-28(2,3)24(32-27(39)33-29(4,5)6)26(38)34(16-19-11-13-20(40-7)14-12-19)17-22(35)31-21(23(36)25(30)37)15-18-9-8-10-18/h11-14,18,21,24H,8-10,15-17H2,1-7H3,(H2,30,37)(H,31,35)(H2,32,33,39)/t21?,24-/m1/s1. The lowest BCUT2D eigenvalue weighted by atomic mass is 9.80. The summed E-state index contributed by atoms with van der Waals surface area (Å²) in [6.45, 7) is 10.6. The fraction of sp³-hybridized carbons (Fsp3) is 0.621. The van der Waals surface area contributed by atoms with Gasteiger partial charge >= 0.3 is 6.03 Å². The van der Waals surface area contributed by atoms with Crippen LogP contribution in [0.5, 0.6) is 5.75 Å². The number of nitrogens with zero attached hydrogens (tertiary/aromatic N) is 1. The summed E-state index contributed by atoms with van der Waals surface area (Å²) in [5, 5.41) is 8.21. The van der Waals surface area contributed by atoms with Gasteiger partial charge in [-0.15, -0.1) is 0 Å². The molecule has 2 rings (SSSR count). The van der Waals surface area contributed by atoms with Crippen molar-refractivity contribution in [3.8, 4) is 5.75 Å². The Morgan fingerprint density at radius 3 is 2.05 bits per heavy atom. The molecule has 0 aliphatic heterocycles. The number of nitrogens with one attached hydrogen (secondary N) is 3. The van der Waals surface area contributed by atoms with Crippen molar-refractivity contribution in [1.82, 2.24) is 20.9 Å². The number of hydrogen-bond acceptors (Lipinski definition) is 6. The molecule has 11 nitrogen and oxygen atoms in total. The van der Waals surface area contributed by atoms with Crippen LogP contribution in [0.25, 0.3) is 0 Å². The molecule has 222 valence electrons. The van der Waals surface area contributed by atoms with E-state index in [0.29, 0.717) is 12.2 Å². The number of hydrogen-bond donors (Lipinski definition) is 4. The summed E-state index contributed by atoms with van der Waals surface area (Å²) in [6.07, 6.45) is 3.18. The summed E-state index contributed by atoms with van der Waals surface area (Å²) in [5.74, 6) is -2.19. The van der Waals surface area contributed by atoms with E-state index in [2.05, 4.69) is 16.0 Å². The van der Waals surface area contributed by atoms with Gasteiger partial charge in [0.1, 0.15) is 11.8 Å². The number of ether oxygens (including phenoxy) is 1. The summed E-state index contributed by atoms with van der Waals surface area (Å²) in [7, 11) is 1.55. The molecule has 40 heavy (non-hydrogen) atoms. The van der Waals surface area contributed by atoms with E-state index in [1.165, 1.54) is 4.90 Å². The van der Waals surface area contributed by atoms with Crippen LogP contribution in [-0.4, -0.2) is 65.7 Å². The maximum atomic E-state index is 14.0. The number of ketones is 1. The molecule has 1 saturated carbocycles. The van der Waals surface area contributed by atoms with E-state index in [1.807, 2.05) is 41.5 Å². The van der Waals surface area contributed by atoms with Crippen molar-refractivity contribution >= 4 is 29.5 Å². The van der Waals surface area contributed by atoms with Gasteiger partial charge in [0.05, 0.1) is 19.7 Å². The second-order valence-corrected chi connectivity index (χ2v) is 12.6.